The van der Waals surface area contributed by atoms with Gasteiger partial charge in [0.25, 0.3) is 0 Å². The zero-order chi connectivity index (χ0) is 14.2. The van der Waals surface area contributed by atoms with Crippen LogP contribution >= 0.6 is 0 Å². The number of ether oxygens (including phenoxy) is 1. The average Bonchev–Trinajstić information content (AvgIpc) is 2.24. The molecule has 0 saturated carbocycles. The maximum Gasteiger partial charge on any atom is 0.220 e. The molecule has 0 unspecified atom stereocenters. The normalized spacial score (nSPS) is 12.2. The lowest BCUT2D eigenvalue weighted by molar-refractivity contribution is -0.122. The Morgan fingerprint density at radius 3 is 2.50 bits per heavy atom. The Morgan fingerprint density at radius 1 is 1.39 bits per heavy atom. The van der Waals surface area contributed by atoms with Crippen molar-refractivity contribution >= 4 is 5.91 Å². The SMILES string of the molecule is CNN(C)COC(C)(C)CCNC(=O)CC(C)C. The van der Waals surface area contributed by atoms with Crippen LogP contribution in [0.1, 0.15) is 40.5 Å². The summed E-state index contributed by atoms with van der Waals surface area (Å²) in [6, 6.07) is 0. The fraction of sp³-hybridized carbons (Fsp3) is 0.923. The van der Waals surface area contributed by atoms with Crippen LogP contribution in [-0.2, 0) is 9.53 Å². The third-order valence-corrected chi connectivity index (χ3v) is 2.67. The van der Waals surface area contributed by atoms with Gasteiger partial charge in [0.1, 0.15) is 6.73 Å². The first-order valence-corrected chi connectivity index (χ1v) is 6.56. The van der Waals surface area contributed by atoms with Gasteiger partial charge in [-0.2, -0.15) is 0 Å². The monoisotopic (exact) mass is 259 g/mol. The summed E-state index contributed by atoms with van der Waals surface area (Å²) < 4.78 is 5.76. The minimum atomic E-state index is -0.240. The highest BCUT2D eigenvalue weighted by atomic mass is 16.5. The number of hydrogen-bond donors (Lipinski definition) is 2. The highest BCUT2D eigenvalue weighted by Gasteiger charge is 2.19. The van der Waals surface area contributed by atoms with Gasteiger partial charge in [0.2, 0.25) is 5.91 Å². The van der Waals surface area contributed by atoms with Gasteiger partial charge in [-0.25, -0.2) is 5.01 Å². The minimum absolute atomic E-state index is 0.119. The molecule has 5 heteroatoms. The minimum Gasteiger partial charge on any atom is -0.359 e. The van der Waals surface area contributed by atoms with Crippen molar-refractivity contribution in [3.05, 3.63) is 0 Å². The molecule has 0 aliphatic heterocycles. The first kappa shape index (κ1) is 17.4. The molecule has 5 nitrogen and oxygen atoms in total. The van der Waals surface area contributed by atoms with Gasteiger partial charge < -0.3 is 10.1 Å². The molecule has 0 bridgehead atoms. The number of amides is 1. The number of carbonyl (C=O) groups excluding carboxylic acids is 1. The fourth-order valence-electron chi connectivity index (χ4n) is 1.35. The summed E-state index contributed by atoms with van der Waals surface area (Å²) in [6.07, 6.45) is 1.39. The Bertz CT molecular complexity index is 242. The summed E-state index contributed by atoms with van der Waals surface area (Å²) in [5.74, 6) is 0.520. The smallest absolute Gasteiger partial charge is 0.220 e. The number of nitrogens with zero attached hydrogens (tertiary/aromatic N) is 1. The maximum atomic E-state index is 11.5. The van der Waals surface area contributed by atoms with Crippen molar-refractivity contribution in [1.29, 1.82) is 0 Å². The quantitative estimate of drug-likeness (QED) is 0.485. The van der Waals surface area contributed by atoms with Crippen LogP contribution in [0.5, 0.6) is 0 Å². The van der Waals surface area contributed by atoms with Crippen molar-refractivity contribution in [2.24, 2.45) is 5.92 Å². The molecular formula is C13H29N3O2. The van der Waals surface area contributed by atoms with E-state index in [0.717, 1.165) is 6.42 Å². The maximum absolute atomic E-state index is 11.5. The van der Waals surface area contributed by atoms with E-state index in [0.29, 0.717) is 25.6 Å². The molecule has 0 aliphatic carbocycles. The fourth-order valence-corrected chi connectivity index (χ4v) is 1.35. The highest BCUT2D eigenvalue weighted by Crippen LogP contribution is 2.13. The van der Waals surface area contributed by atoms with E-state index in [1.165, 1.54) is 0 Å². The zero-order valence-corrected chi connectivity index (χ0v) is 12.7. The van der Waals surface area contributed by atoms with Gasteiger partial charge in [-0.1, -0.05) is 13.8 Å². The van der Waals surface area contributed by atoms with Crippen LogP contribution < -0.4 is 10.7 Å². The van der Waals surface area contributed by atoms with Gasteiger partial charge in [-0.3, -0.25) is 10.2 Å². The molecule has 0 aromatic heterocycles. The van der Waals surface area contributed by atoms with Gasteiger partial charge in [-0.15, -0.1) is 0 Å². The third-order valence-electron chi connectivity index (χ3n) is 2.67. The first-order valence-electron chi connectivity index (χ1n) is 6.56. The first-order chi connectivity index (χ1) is 8.26. The highest BCUT2D eigenvalue weighted by molar-refractivity contribution is 5.75. The van der Waals surface area contributed by atoms with Crippen LogP contribution in [0.15, 0.2) is 0 Å². The summed E-state index contributed by atoms with van der Waals surface area (Å²) in [6.45, 7) is 9.32. The second-order valence-electron chi connectivity index (χ2n) is 5.65. The lowest BCUT2D eigenvalue weighted by atomic mass is 10.1. The van der Waals surface area contributed by atoms with Crippen LogP contribution in [-0.4, -0.2) is 43.9 Å². The second kappa shape index (κ2) is 8.45. The van der Waals surface area contributed by atoms with Crippen LogP contribution in [0, 0.1) is 5.92 Å². The molecule has 0 aromatic rings. The van der Waals surface area contributed by atoms with Crippen molar-refractivity contribution in [1.82, 2.24) is 15.8 Å². The molecule has 0 radical (unpaired) electrons. The van der Waals surface area contributed by atoms with E-state index in [-0.39, 0.29) is 11.5 Å². The van der Waals surface area contributed by atoms with Gasteiger partial charge in [0.15, 0.2) is 0 Å². The van der Waals surface area contributed by atoms with Crippen molar-refractivity contribution in [2.75, 3.05) is 27.4 Å². The van der Waals surface area contributed by atoms with Gasteiger partial charge in [0.05, 0.1) is 5.60 Å². The van der Waals surface area contributed by atoms with Crippen molar-refractivity contribution in [3.8, 4) is 0 Å². The van der Waals surface area contributed by atoms with E-state index in [1.54, 1.807) is 0 Å². The van der Waals surface area contributed by atoms with Crippen molar-refractivity contribution in [2.45, 2.75) is 46.1 Å². The molecule has 2 N–H and O–H groups in total. The second-order valence-corrected chi connectivity index (χ2v) is 5.65. The van der Waals surface area contributed by atoms with Crippen molar-refractivity contribution in [3.63, 3.8) is 0 Å². The van der Waals surface area contributed by atoms with Gasteiger partial charge in [0, 0.05) is 20.0 Å². The Morgan fingerprint density at radius 2 is 2.00 bits per heavy atom. The van der Waals surface area contributed by atoms with Crippen molar-refractivity contribution < 1.29 is 9.53 Å². The molecule has 0 rings (SSSR count). The molecule has 0 saturated heterocycles. The summed E-state index contributed by atoms with van der Waals surface area (Å²) in [7, 11) is 3.77. The molecule has 0 atom stereocenters. The summed E-state index contributed by atoms with van der Waals surface area (Å²) in [5, 5.41) is 4.78. The van der Waals surface area contributed by atoms with E-state index in [2.05, 4.69) is 10.7 Å². The molecule has 108 valence electrons. The molecule has 0 heterocycles. The average molecular weight is 259 g/mol. The van der Waals surface area contributed by atoms with Crippen LogP contribution in [0.25, 0.3) is 0 Å². The Labute approximate surface area is 111 Å². The lowest BCUT2D eigenvalue weighted by Gasteiger charge is -2.28. The molecular weight excluding hydrogens is 230 g/mol. The summed E-state index contributed by atoms with van der Waals surface area (Å²) >= 11 is 0. The van der Waals surface area contributed by atoms with E-state index < -0.39 is 0 Å². The predicted molar refractivity (Wildman–Crippen MR) is 73.9 cm³/mol. The summed E-state index contributed by atoms with van der Waals surface area (Å²) in [5.41, 5.74) is 2.73. The van der Waals surface area contributed by atoms with Gasteiger partial charge >= 0.3 is 0 Å². The largest absolute Gasteiger partial charge is 0.359 e. The van der Waals surface area contributed by atoms with Crippen LogP contribution in [0.3, 0.4) is 0 Å². The molecule has 18 heavy (non-hydrogen) atoms. The molecule has 0 aliphatic rings. The van der Waals surface area contributed by atoms with E-state index in [1.807, 2.05) is 46.8 Å². The molecule has 0 aromatic carbocycles. The molecule has 0 fully saturated rings. The predicted octanol–water partition coefficient (Wildman–Crippen LogP) is 1.36. The standard InChI is InChI=1S/C13H29N3O2/c1-11(2)9-12(17)15-8-7-13(3,4)18-10-16(6)14-5/h11,14H,7-10H2,1-6H3,(H,15,17). The van der Waals surface area contributed by atoms with Gasteiger partial charge in [-0.05, 0) is 33.2 Å². The van der Waals surface area contributed by atoms with Crippen LogP contribution in [0.2, 0.25) is 0 Å². The third kappa shape index (κ3) is 9.39. The zero-order valence-electron chi connectivity index (χ0n) is 12.7. The molecule has 1 amide bonds. The number of carbonyl (C=O) groups is 1. The number of nitrogens with one attached hydrogen (secondary N) is 2. The Balaban J connectivity index is 3.79. The number of hydrogen-bond acceptors (Lipinski definition) is 4. The number of rotatable bonds is 9. The Hall–Kier alpha value is -0.650. The Kier molecular flexibility index (Phi) is 8.15. The van der Waals surface area contributed by atoms with Crippen LogP contribution in [0.4, 0.5) is 0 Å². The molecule has 0 spiro atoms. The lowest BCUT2D eigenvalue weighted by Crippen LogP contribution is -2.39. The number of hydrazine groups is 1. The van der Waals surface area contributed by atoms with E-state index >= 15 is 0 Å². The topological polar surface area (TPSA) is 53.6 Å². The summed E-state index contributed by atoms with van der Waals surface area (Å²) in [4.78, 5) is 11.5. The van der Waals surface area contributed by atoms with E-state index in [4.69, 9.17) is 4.74 Å². The van der Waals surface area contributed by atoms with E-state index in [9.17, 15) is 4.79 Å².